The highest BCUT2D eigenvalue weighted by Crippen LogP contribution is 2.42. The molecule has 0 spiro atoms. The molecule has 3 saturated heterocycles. The molecule has 3 aliphatic rings. The number of nitrogens with zero attached hydrogens (tertiary/aromatic N) is 3. The average molecular weight is 722 g/mol. The van der Waals surface area contributed by atoms with E-state index in [1.54, 1.807) is 35.2 Å². The van der Waals surface area contributed by atoms with Crippen molar-refractivity contribution >= 4 is 41.0 Å². The molecule has 50 heavy (non-hydrogen) atoms. The zero-order chi connectivity index (χ0) is 35.4. The van der Waals surface area contributed by atoms with E-state index in [-0.39, 0.29) is 29.1 Å². The van der Waals surface area contributed by atoms with Crippen LogP contribution >= 0.6 is 23.2 Å². The first-order valence-electron chi connectivity index (χ1n) is 16.5. The minimum absolute atomic E-state index is 0.139. The van der Waals surface area contributed by atoms with E-state index < -0.39 is 23.9 Å². The molecule has 0 saturated carbocycles. The summed E-state index contributed by atoms with van der Waals surface area (Å²) in [5.74, 6) is -1.44. The van der Waals surface area contributed by atoms with E-state index in [1.807, 2.05) is 42.5 Å². The second kappa shape index (κ2) is 15.6. The van der Waals surface area contributed by atoms with Gasteiger partial charge in [0.15, 0.2) is 11.5 Å². The number of halogens is 2. The number of carboxylic acid groups (broad SMARTS) is 1. The number of hydrogen-bond donors (Lipinski definition) is 2. The lowest BCUT2D eigenvalue weighted by Crippen LogP contribution is -2.53. The van der Waals surface area contributed by atoms with Crippen LogP contribution in [0.25, 0.3) is 0 Å². The highest BCUT2D eigenvalue weighted by atomic mass is 35.5. The summed E-state index contributed by atoms with van der Waals surface area (Å²) in [6.45, 7) is 3.08. The summed E-state index contributed by atoms with van der Waals surface area (Å²) in [6.07, 6.45) is 4.26. The monoisotopic (exact) mass is 720 g/mol. The van der Waals surface area contributed by atoms with Crippen molar-refractivity contribution in [1.82, 2.24) is 4.90 Å². The molecule has 3 aliphatic heterocycles. The van der Waals surface area contributed by atoms with Gasteiger partial charge in [-0.15, -0.1) is 0 Å². The number of piperidine rings is 3. The Morgan fingerprint density at radius 1 is 0.920 bits per heavy atom. The van der Waals surface area contributed by atoms with Crippen LogP contribution < -0.4 is 19.1 Å². The molecule has 3 fully saturated rings. The van der Waals surface area contributed by atoms with E-state index in [2.05, 4.69) is 4.90 Å². The molecule has 12 heteroatoms. The van der Waals surface area contributed by atoms with E-state index in [4.69, 9.17) is 37.4 Å². The number of anilines is 1. The van der Waals surface area contributed by atoms with Gasteiger partial charge in [-0.1, -0.05) is 71.7 Å². The van der Waals surface area contributed by atoms with Crippen molar-refractivity contribution < 1.29 is 38.8 Å². The van der Waals surface area contributed by atoms with Gasteiger partial charge >= 0.3 is 12.1 Å². The third kappa shape index (κ3) is 7.78. The topological polar surface area (TPSA) is 113 Å². The average Bonchev–Trinajstić information content (AvgIpc) is 3.12. The maximum absolute atomic E-state index is 13.7. The molecule has 2 N–H and O–H groups in total. The van der Waals surface area contributed by atoms with Crippen molar-refractivity contribution in [3.8, 4) is 11.5 Å². The van der Waals surface area contributed by atoms with Crippen LogP contribution in [0.15, 0.2) is 85.2 Å². The van der Waals surface area contributed by atoms with Gasteiger partial charge in [-0.25, -0.2) is 4.79 Å². The number of para-hydroxylation sites is 1. The Morgan fingerprint density at radius 3 is 2.14 bits per heavy atom. The number of rotatable bonds is 12. The number of hydrogen-bond acceptors (Lipinski definition) is 7. The molecule has 3 aromatic carbocycles. The summed E-state index contributed by atoms with van der Waals surface area (Å²) >= 11 is 13.1. The number of fused-ring (bicyclic) bond motifs is 3. The third-order valence-electron chi connectivity index (χ3n) is 9.81. The lowest BCUT2D eigenvalue weighted by molar-refractivity contribution is -0.904. The quantitative estimate of drug-likeness (QED) is 0.119. The fourth-order valence-electron chi connectivity index (χ4n) is 7.13. The van der Waals surface area contributed by atoms with Crippen LogP contribution in [-0.2, 0) is 22.5 Å². The smallest absolute Gasteiger partial charge is 0.414 e. The number of methoxy groups -OCH3 is 2. The Kier molecular flexibility index (Phi) is 11.0. The molecular weight excluding hydrogens is 681 g/mol. The number of aromatic nitrogens is 1. The van der Waals surface area contributed by atoms with Crippen molar-refractivity contribution in [2.75, 3.05) is 38.8 Å². The molecule has 2 bridgehead atoms. The molecule has 1 unspecified atom stereocenters. The number of benzene rings is 3. The second-order valence-electron chi connectivity index (χ2n) is 12.8. The molecule has 7 rings (SSSR count). The van der Waals surface area contributed by atoms with Crippen LogP contribution in [0.3, 0.4) is 0 Å². The molecule has 0 radical (unpaired) electrons. The standard InChI is InChI=1S/C38H39Cl2N3O7/c1-48-33-13-12-27(18-34(33)49-2)29(19-30-31(39)21-42(47)22-32(30)40)36(37(44)45)26-10-8-24(9-11-26)20-43(28-6-4-3-5-7-28)38(46)50-35-23-41-16-14-25(35)15-17-41/h3-13,18,21-22,25,29,35-36H,14-17,19-20,23H2,1-2H3,(H-,44,45,47)/p+1/t29-,35+,36?/m1/s1. The van der Waals surface area contributed by atoms with E-state index >= 15 is 0 Å². The first-order valence-corrected chi connectivity index (χ1v) is 17.3. The highest BCUT2D eigenvalue weighted by Gasteiger charge is 2.38. The van der Waals surface area contributed by atoms with Crippen molar-refractivity contribution in [3.63, 3.8) is 0 Å². The third-order valence-corrected chi connectivity index (χ3v) is 10.5. The van der Waals surface area contributed by atoms with Crippen LogP contribution in [0.1, 0.15) is 46.9 Å². The number of amides is 1. The number of carboxylic acids is 1. The Balaban J connectivity index is 1.31. The minimum Gasteiger partial charge on any atom is -0.493 e. The fourth-order valence-corrected chi connectivity index (χ4v) is 7.74. The van der Waals surface area contributed by atoms with E-state index in [1.165, 1.54) is 26.6 Å². The predicted molar refractivity (Wildman–Crippen MR) is 189 cm³/mol. The van der Waals surface area contributed by atoms with Gasteiger partial charge in [0, 0.05) is 28.4 Å². The van der Waals surface area contributed by atoms with Gasteiger partial charge in [0.05, 0.1) is 26.7 Å². The molecule has 1 aromatic heterocycles. The SMILES string of the molecule is COc1ccc([C@@H](Cc2c(Cl)c[n+](O)cc2Cl)C(C(=O)O)c2ccc(CN(C(=O)O[C@H]3CN4CCC3CC4)c3ccccc3)cc2)cc1OC. The molecule has 4 heterocycles. The van der Waals surface area contributed by atoms with Crippen molar-refractivity contribution in [2.24, 2.45) is 5.92 Å². The summed E-state index contributed by atoms with van der Waals surface area (Å²) < 4.78 is 17.9. The van der Waals surface area contributed by atoms with Gasteiger partial charge in [0.1, 0.15) is 16.1 Å². The fraction of sp³-hybridized carbons (Fsp3) is 0.342. The molecule has 262 valence electrons. The number of carbonyl (C=O) groups is 2. The number of pyridine rings is 1. The summed E-state index contributed by atoms with van der Waals surface area (Å²) in [7, 11) is 3.04. The van der Waals surface area contributed by atoms with Crippen molar-refractivity contribution in [1.29, 1.82) is 0 Å². The van der Waals surface area contributed by atoms with Crippen LogP contribution in [0.2, 0.25) is 10.0 Å². The summed E-state index contributed by atoms with van der Waals surface area (Å²) in [5, 5.41) is 21.1. The summed E-state index contributed by atoms with van der Waals surface area (Å²) in [5.41, 5.74) is 3.21. The van der Waals surface area contributed by atoms with Crippen LogP contribution in [0.4, 0.5) is 10.5 Å². The number of ether oxygens (including phenoxy) is 3. The van der Waals surface area contributed by atoms with Gasteiger partial charge in [0.25, 0.3) is 0 Å². The second-order valence-corrected chi connectivity index (χ2v) is 13.6. The Hall–Kier alpha value is -4.51. The van der Waals surface area contributed by atoms with Crippen molar-refractivity contribution in [2.45, 2.75) is 43.7 Å². The first-order chi connectivity index (χ1) is 24.1. The lowest BCUT2D eigenvalue weighted by atomic mass is 9.77. The normalized spacial score (nSPS) is 19.3. The van der Waals surface area contributed by atoms with E-state index in [9.17, 15) is 19.9 Å². The predicted octanol–water partition coefficient (Wildman–Crippen LogP) is 6.97. The molecule has 0 aliphatic carbocycles. The molecule has 3 atom stereocenters. The van der Waals surface area contributed by atoms with Crippen LogP contribution in [-0.4, -0.2) is 67.2 Å². The van der Waals surface area contributed by atoms with Crippen LogP contribution in [0.5, 0.6) is 11.5 Å². The van der Waals surface area contributed by atoms with Gasteiger partial charge in [-0.2, -0.15) is 0 Å². The lowest BCUT2D eigenvalue weighted by Gasteiger charge is -2.44. The maximum Gasteiger partial charge on any atom is 0.414 e. The minimum atomic E-state index is -1.05. The van der Waals surface area contributed by atoms with Crippen molar-refractivity contribution in [3.05, 3.63) is 117 Å². The van der Waals surface area contributed by atoms with Gasteiger partial charge < -0.3 is 19.3 Å². The molecule has 10 nitrogen and oxygen atoms in total. The van der Waals surface area contributed by atoms with E-state index in [0.717, 1.165) is 42.8 Å². The summed E-state index contributed by atoms with van der Waals surface area (Å²) in [4.78, 5) is 30.8. The van der Waals surface area contributed by atoms with Crippen LogP contribution in [0, 0.1) is 5.92 Å². The van der Waals surface area contributed by atoms with E-state index in [0.29, 0.717) is 39.8 Å². The Morgan fingerprint density at radius 2 is 1.56 bits per heavy atom. The number of aliphatic carboxylic acids is 1. The summed E-state index contributed by atoms with van der Waals surface area (Å²) in [6, 6.07) is 21.9. The largest absolute Gasteiger partial charge is 0.493 e. The zero-order valence-corrected chi connectivity index (χ0v) is 29.4. The van der Waals surface area contributed by atoms with Gasteiger partial charge in [0.2, 0.25) is 12.4 Å². The highest BCUT2D eigenvalue weighted by molar-refractivity contribution is 6.35. The Bertz CT molecular complexity index is 1790. The van der Waals surface area contributed by atoms with Gasteiger partial charge in [-0.3, -0.25) is 19.8 Å². The first kappa shape index (κ1) is 35.3. The molecule has 1 amide bonds. The Labute approximate surface area is 301 Å². The molecule has 4 aromatic rings. The maximum atomic E-state index is 13.7. The van der Waals surface area contributed by atoms with Gasteiger partial charge in [-0.05, 0) is 79.2 Å². The molecular formula is C38H40Cl2N3O7+. The number of carbonyl (C=O) groups excluding carboxylic acids is 1. The zero-order valence-electron chi connectivity index (χ0n) is 27.9.